The average Bonchev–Trinajstić information content (AvgIpc) is 2.49. The fourth-order valence-corrected chi connectivity index (χ4v) is 3.13. The van der Waals surface area contributed by atoms with Crippen molar-refractivity contribution < 1.29 is 8.42 Å². The van der Waals surface area contributed by atoms with Crippen molar-refractivity contribution in [3.05, 3.63) is 28.2 Å². The van der Waals surface area contributed by atoms with E-state index in [0.29, 0.717) is 10.0 Å². The first kappa shape index (κ1) is 21.1. The van der Waals surface area contributed by atoms with Gasteiger partial charge in [-0.3, -0.25) is 0 Å². The minimum absolute atomic E-state index is 0.192. The molecule has 0 radical (unpaired) electrons. The van der Waals surface area contributed by atoms with Gasteiger partial charge in [0, 0.05) is 4.47 Å². The van der Waals surface area contributed by atoms with Gasteiger partial charge < -0.3 is 4.90 Å². The first-order valence-electron chi connectivity index (χ1n) is 7.40. The zero-order valence-electron chi connectivity index (χ0n) is 13.9. The second-order valence-electron chi connectivity index (χ2n) is 4.97. The summed E-state index contributed by atoms with van der Waals surface area (Å²) >= 11 is 3.18. The van der Waals surface area contributed by atoms with Gasteiger partial charge >= 0.3 is 0 Å². The average molecular weight is 389 g/mol. The van der Waals surface area contributed by atoms with Crippen LogP contribution in [0.5, 0.6) is 0 Å². The number of rotatable bonds is 5. The van der Waals surface area contributed by atoms with Crippen LogP contribution in [0.1, 0.15) is 40.2 Å². The molecule has 0 saturated carbocycles. The van der Waals surface area contributed by atoms with Crippen LogP contribution < -0.4 is 0 Å². The zero-order valence-corrected chi connectivity index (χ0v) is 16.3. The Morgan fingerprint density at radius 2 is 1.68 bits per heavy atom. The van der Waals surface area contributed by atoms with Crippen molar-refractivity contribution in [2.24, 2.45) is 0 Å². The van der Waals surface area contributed by atoms with E-state index in [-0.39, 0.29) is 4.90 Å². The first-order valence-corrected chi connectivity index (χ1v) is 9.74. The zero-order chi connectivity index (χ0) is 17.3. The minimum Gasteiger partial charge on any atom is -0.304 e. The van der Waals surface area contributed by atoms with Gasteiger partial charge in [0.05, 0.1) is 15.7 Å². The Morgan fingerprint density at radius 1 is 1.18 bits per heavy atom. The number of hydrogen-bond donors (Lipinski definition) is 0. The summed E-state index contributed by atoms with van der Waals surface area (Å²) in [7, 11) is -3.30. The van der Waals surface area contributed by atoms with Crippen LogP contribution in [0, 0.1) is 11.3 Å². The molecule has 0 amide bonds. The maximum Gasteiger partial charge on any atom is 0.180 e. The lowest BCUT2D eigenvalue weighted by atomic mass is 10.2. The van der Waals surface area contributed by atoms with Crippen LogP contribution in [0.3, 0.4) is 0 Å². The Balaban J connectivity index is 0.000000534. The molecule has 0 saturated heterocycles. The Kier molecular flexibility index (Phi) is 9.58. The lowest BCUT2D eigenvalue weighted by molar-refractivity contribution is 0.321. The molecule has 0 unspecified atom stereocenters. The van der Waals surface area contributed by atoms with E-state index >= 15 is 0 Å². The molecule has 4 nitrogen and oxygen atoms in total. The fraction of sp³-hybridized carbons (Fsp3) is 0.562. The molecule has 0 fully saturated rings. The number of halogens is 1. The molecule has 22 heavy (non-hydrogen) atoms. The van der Waals surface area contributed by atoms with Gasteiger partial charge in [-0.05, 0) is 67.6 Å². The van der Waals surface area contributed by atoms with Crippen molar-refractivity contribution in [2.45, 2.75) is 44.8 Å². The highest BCUT2D eigenvalue weighted by atomic mass is 79.9. The third-order valence-corrected chi connectivity index (χ3v) is 6.19. The number of nitriles is 1. The van der Waals surface area contributed by atoms with E-state index in [1.54, 1.807) is 19.9 Å². The normalized spacial score (nSPS) is 11.0. The highest BCUT2D eigenvalue weighted by Gasteiger charge is 2.19. The molecule has 0 bridgehead atoms. The molecule has 6 heteroatoms. The predicted octanol–water partition coefficient (Wildman–Crippen LogP) is 3.85. The quantitative estimate of drug-likeness (QED) is 0.768. The molecule has 1 rings (SSSR count). The van der Waals surface area contributed by atoms with E-state index < -0.39 is 15.1 Å². The van der Waals surface area contributed by atoms with Gasteiger partial charge in [0.1, 0.15) is 6.07 Å². The fourth-order valence-electron chi connectivity index (χ4n) is 1.71. The van der Waals surface area contributed by atoms with E-state index in [2.05, 4.69) is 41.6 Å². The third-order valence-electron chi connectivity index (χ3n) is 3.35. The number of nitrogens with zero attached hydrogens (tertiary/aromatic N) is 2. The van der Waals surface area contributed by atoms with Gasteiger partial charge in [-0.15, -0.1) is 0 Å². The summed E-state index contributed by atoms with van der Waals surface area (Å²) in [5.41, 5.74) is 0.330. The number of benzene rings is 1. The summed E-state index contributed by atoms with van der Waals surface area (Å²) in [5, 5.41) is 8.29. The van der Waals surface area contributed by atoms with E-state index in [1.165, 1.54) is 31.8 Å². The van der Waals surface area contributed by atoms with Crippen LogP contribution in [-0.2, 0) is 9.84 Å². The summed E-state index contributed by atoms with van der Waals surface area (Å²) < 4.78 is 24.2. The van der Waals surface area contributed by atoms with E-state index in [1.807, 2.05) is 6.07 Å². The summed E-state index contributed by atoms with van der Waals surface area (Å²) in [5.74, 6) is 0. The Bertz CT molecular complexity index is 598. The van der Waals surface area contributed by atoms with Gasteiger partial charge in [0.2, 0.25) is 0 Å². The molecule has 0 aromatic heterocycles. The van der Waals surface area contributed by atoms with Crippen LogP contribution in [0.2, 0.25) is 0 Å². The van der Waals surface area contributed by atoms with Crippen LogP contribution >= 0.6 is 15.9 Å². The molecule has 0 N–H and O–H groups in total. The molecule has 0 aliphatic heterocycles. The van der Waals surface area contributed by atoms with Crippen LogP contribution in [-0.4, -0.2) is 38.2 Å². The Morgan fingerprint density at radius 3 is 2.00 bits per heavy atom. The van der Waals surface area contributed by atoms with E-state index in [4.69, 9.17) is 5.26 Å². The molecule has 1 aromatic carbocycles. The smallest absolute Gasteiger partial charge is 0.180 e. The largest absolute Gasteiger partial charge is 0.304 e. The predicted molar refractivity (Wildman–Crippen MR) is 94.6 cm³/mol. The molecule has 0 spiro atoms. The Labute approximate surface area is 143 Å². The van der Waals surface area contributed by atoms with Crippen LogP contribution in [0.4, 0.5) is 0 Å². The Hall–Kier alpha value is -0.900. The lowest BCUT2D eigenvalue weighted by Gasteiger charge is -2.13. The molecule has 0 heterocycles. The molecular formula is C16H25BrN2O2S. The van der Waals surface area contributed by atoms with E-state index in [0.717, 1.165) is 0 Å². The maximum absolute atomic E-state index is 11.8. The summed E-state index contributed by atoms with van der Waals surface area (Å²) in [6.45, 7) is 13.4. The van der Waals surface area contributed by atoms with Crippen molar-refractivity contribution in [3.63, 3.8) is 0 Å². The summed E-state index contributed by atoms with van der Waals surface area (Å²) in [6, 6.07) is 6.40. The van der Waals surface area contributed by atoms with Gasteiger partial charge in [-0.1, -0.05) is 20.8 Å². The third kappa shape index (κ3) is 6.07. The SMILES string of the molecule is CC(C)S(=O)(=O)c1ccc(Br)c(C#N)c1.CCN(CC)CC. The molecule has 0 aliphatic carbocycles. The lowest BCUT2D eigenvalue weighted by Crippen LogP contribution is -2.21. The van der Waals surface area contributed by atoms with Crippen molar-refractivity contribution in [1.29, 1.82) is 5.26 Å². The van der Waals surface area contributed by atoms with Gasteiger partial charge in [-0.25, -0.2) is 8.42 Å². The topological polar surface area (TPSA) is 61.2 Å². The van der Waals surface area contributed by atoms with E-state index in [9.17, 15) is 8.42 Å². The molecular weight excluding hydrogens is 364 g/mol. The molecule has 124 valence electrons. The van der Waals surface area contributed by atoms with Gasteiger partial charge in [0.25, 0.3) is 0 Å². The van der Waals surface area contributed by atoms with Gasteiger partial charge in [-0.2, -0.15) is 5.26 Å². The maximum atomic E-state index is 11.8. The molecule has 0 atom stereocenters. The first-order chi connectivity index (χ1) is 10.2. The minimum atomic E-state index is -3.30. The highest BCUT2D eigenvalue weighted by molar-refractivity contribution is 9.10. The highest BCUT2D eigenvalue weighted by Crippen LogP contribution is 2.22. The van der Waals surface area contributed by atoms with Gasteiger partial charge in [0.15, 0.2) is 9.84 Å². The van der Waals surface area contributed by atoms with Crippen LogP contribution in [0.15, 0.2) is 27.6 Å². The standard InChI is InChI=1S/C10H10BrNO2S.C6H15N/c1-7(2)15(13,14)9-3-4-10(11)8(5-9)6-12;1-4-7(5-2)6-3/h3-5,7H,1-2H3;4-6H2,1-3H3. The monoisotopic (exact) mass is 388 g/mol. The number of hydrogen-bond acceptors (Lipinski definition) is 4. The molecule has 1 aromatic rings. The van der Waals surface area contributed by atoms with Crippen molar-refractivity contribution in [2.75, 3.05) is 19.6 Å². The summed E-state index contributed by atoms with van der Waals surface area (Å²) in [4.78, 5) is 2.57. The van der Waals surface area contributed by atoms with Crippen molar-refractivity contribution >= 4 is 25.8 Å². The van der Waals surface area contributed by atoms with Crippen LogP contribution in [0.25, 0.3) is 0 Å². The van der Waals surface area contributed by atoms with Crippen molar-refractivity contribution in [3.8, 4) is 6.07 Å². The second-order valence-corrected chi connectivity index (χ2v) is 8.33. The molecule has 0 aliphatic rings. The van der Waals surface area contributed by atoms with Crippen molar-refractivity contribution in [1.82, 2.24) is 4.90 Å². The number of sulfone groups is 1. The second kappa shape index (κ2) is 9.98. The summed E-state index contributed by atoms with van der Waals surface area (Å²) in [6.07, 6.45) is 0.